The van der Waals surface area contributed by atoms with Crippen LogP contribution in [0.4, 0.5) is 34.1 Å². The van der Waals surface area contributed by atoms with E-state index >= 15 is 0 Å². The Hall–Kier alpha value is -6.00. The van der Waals surface area contributed by atoms with Crippen LogP contribution in [0.1, 0.15) is 135 Å². The fraction of sp³-hybridized carbons (Fsp3) is 0.333. The van der Waals surface area contributed by atoms with Crippen LogP contribution >= 0.6 is 0 Å². The molecule has 3 heterocycles. The molecule has 0 bridgehead atoms. The lowest BCUT2D eigenvalue weighted by molar-refractivity contribution is 0.332. The van der Waals surface area contributed by atoms with Crippen LogP contribution in [0.3, 0.4) is 0 Å². The van der Waals surface area contributed by atoms with Crippen LogP contribution in [-0.4, -0.2) is 6.71 Å². The maximum Gasteiger partial charge on any atom is 0.252 e. The molecule has 0 atom stereocenters. The van der Waals surface area contributed by atoms with Gasteiger partial charge < -0.3 is 14.2 Å². The van der Waals surface area contributed by atoms with Gasteiger partial charge in [0.25, 0.3) is 6.71 Å². The number of rotatable bonds is 3. The maximum atomic E-state index is 6.84. The first-order chi connectivity index (χ1) is 31.7. The molecule has 7 aromatic carbocycles. The van der Waals surface area contributed by atoms with Crippen molar-refractivity contribution in [3.05, 3.63) is 161 Å². The lowest BCUT2D eigenvalue weighted by Gasteiger charge is -2.48. The van der Waals surface area contributed by atoms with Crippen molar-refractivity contribution in [1.82, 2.24) is 0 Å². The molecule has 0 saturated heterocycles. The first kappa shape index (κ1) is 42.4. The van der Waals surface area contributed by atoms with Gasteiger partial charge in [0, 0.05) is 44.8 Å². The Bertz CT molecular complexity index is 3380. The molecule has 0 saturated carbocycles. The summed E-state index contributed by atoms with van der Waals surface area (Å²) in [6.07, 6.45) is 4.69. The quantitative estimate of drug-likeness (QED) is 0.165. The number of hydrogen-bond acceptors (Lipinski definition) is 3. The van der Waals surface area contributed by atoms with Crippen LogP contribution in [-0.2, 0) is 27.1 Å². The molecule has 12 rings (SSSR count). The van der Waals surface area contributed by atoms with E-state index in [0.29, 0.717) is 0 Å². The molecule has 2 aliphatic heterocycles. The van der Waals surface area contributed by atoms with E-state index in [0.717, 1.165) is 34.8 Å². The zero-order valence-electron chi connectivity index (χ0n) is 41.8. The number of benzene rings is 7. The van der Waals surface area contributed by atoms with Crippen LogP contribution < -0.4 is 26.2 Å². The summed E-state index contributed by atoms with van der Waals surface area (Å²) in [6, 6.07) is 49.5. The van der Waals surface area contributed by atoms with Crippen LogP contribution in [0.25, 0.3) is 33.1 Å². The minimum atomic E-state index is -0.0334. The standard InChI is InChI=1S/C63H65BN2O/c1-38-30-54-58-55(31-38)66(51-25-22-40(59(2,3)4)32-43(51)39-18-14-13-15-19-39)52-34-44-42-20-16-17-21-56(42)67-57(44)37-50(52)64(58)49-35-47-48(63(11,12)29-28-62(47,9)10)36-53(49)65(54)41-23-24-45-46(33-41)61(7,8)27-26-60(45,5)6/h13-25,30-37H,26-29H2,1-12H3. The van der Waals surface area contributed by atoms with Gasteiger partial charge in [-0.3, -0.25) is 0 Å². The van der Waals surface area contributed by atoms with Crippen molar-refractivity contribution in [3.8, 4) is 11.1 Å². The number of aryl methyl sites for hydroxylation is 1. The van der Waals surface area contributed by atoms with Gasteiger partial charge in [0.1, 0.15) is 11.2 Å². The summed E-state index contributed by atoms with van der Waals surface area (Å²) in [4.78, 5) is 5.30. The monoisotopic (exact) mass is 877 g/mol. The molecule has 4 heteroatoms. The van der Waals surface area contributed by atoms with Gasteiger partial charge in [0.15, 0.2) is 0 Å². The smallest absolute Gasteiger partial charge is 0.252 e. The van der Waals surface area contributed by atoms with Crippen molar-refractivity contribution in [3.63, 3.8) is 0 Å². The minimum Gasteiger partial charge on any atom is -0.456 e. The van der Waals surface area contributed by atoms with Gasteiger partial charge in [-0.2, -0.15) is 0 Å². The molecule has 2 aliphatic carbocycles. The van der Waals surface area contributed by atoms with E-state index in [9.17, 15) is 0 Å². The first-order valence-electron chi connectivity index (χ1n) is 25.0. The van der Waals surface area contributed by atoms with Gasteiger partial charge in [-0.25, -0.2) is 0 Å². The van der Waals surface area contributed by atoms with Crippen LogP contribution in [0.15, 0.2) is 132 Å². The van der Waals surface area contributed by atoms with Crippen LogP contribution in [0.2, 0.25) is 0 Å². The van der Waals surface area contributed by atoms with E-state index in [1.165, 1.54) is 108 Å². The molecule has 3 nitrogen and oxygen atoms in total. The average molecular weight is 877 g/mol. The predicted molar refractivity (Wildman–Crippen MR) is 287 cm³/mol. The van der Waals surface area contributed by atoms with Crippen molar-refractivity contribution in [1.29, 1.82) is 0 Å². The Morgan fingerprint density at radius 3 is 1.75 bits per heavy atom. The van der Waals surface area contributed by atoms with Gasteiger partial charge in [-0.1, -0.05) is 143 Å². The van der Waals surface area contributed by atoms with Gasteiger partial charge in [-0.05, 0) is 176 Å². The van der Waals surface area contributed by atoms with Gasteiger partial charge in [0.2, 0.25) is 0 Å². The van der Waals surface area contributed by atoms with Gasteiger partial charge in [0.05, 0.1) is 5.69 Å². The third-order valence-corrected chi connectivity index (χ3v) is 17.0. The number of furan rings is 1. The molecule has 4 aliphatic rings. The summed E-state index contributed by atoms with van der Waals surface area (Å²) in [5.41, 5.74) is 24.5. The van der Waals surface area contributed by atoms with E-state index in [4.69, 9.17) is 4.42 Å². The second-order valence-corrected chi connectivity index (χ2v) is 24.4. The van der Waals surface area contributed by atoms with Gasteiger partial charge >= 0.3 is 0 Å². The molecule has 8 aromatic rings. The Morgan fingerprint density at radius 2 is 1.06 bits per heavy atom. The highest BCUT2D eigenvalue weighted by Gasteiger charge is 2.48. The highest BCUT2D eigenvalue weighted by molar-refractivity contribution is 7.00. The van der Waals surface area contributed by atoms with E-state index < -0.39 is 0 Å². The third kappa shape index (κ3) is 6.30. The SMILES string of the molecule is Cc1cc2c3c(c1)N(c1ccc(C(C)(C)C)cc1-c1ccccc1)c1cc4c(cc1B3c1cc3c(cc1N2c1ccc2c(c1)C(C)(C)CCC2(C)C)C(C)(C)CCC3(C)C)oc1ccccc14. The van der Waals surface area contributed by atoms with Crippen molar-refractivity contribution < 1.29 is 4.42 Å². The van der Waals surface area contributed by atoms with Crippen molar-refractivity contribution in [2.45, 2.75) is 136 Å². The van der Waals surface area contributed by atoms with Crippen molar-refractivity contribution >= 4 is 79.2 Å². The van der Waals surface area contributed by atoms with Crippen molar-refractivity contribution in [2.24, 2.45) is 0 Å². The summed E-state index contributed by atoms with van der Waals surface area (Å²) in [5, 5.41) is 2.29. The molecule has 0 amide bonds. The summed E-state index contributed by atoms with van der Waals surface area (Å²) in [5.74, 6) is 0. The van der Waals surface area contributed by atoms with E-state index in [-0.39, 0.29) is 33.8 Å². The molecular formula is C63H65BN2O. The Morgan fingerprint density at radius 1 is 0.478 bits per heavy atom. The zero-order chi connectivity index (χ0) is 46.7. The lowest BCUT2D eigenvalue weighted by atomic mass is 9.33. The average Bonchev–Trinajstić information content (AvgIpc) is 3.65. The summed E-state index contributed by atoms with van der Waals surface area (Å²) in [6.45, 7) is 29.0. The van der Waals surface area contributed by atoms with Crippen LogP contribution in [0, 0.1) is 6.92 Å². The van der Waals surface area contributed by atoms with Crippen LogP contribution in [0.5, 0.6) is 0 Å². The second kappa shape index (κ2) is 14.0. The minimum absolute atomic E-state index is 0.0261. The van der Waals surface area contributed by atoms with Gasteiger partial charge in [-0.15, -0.1) is 0 Å². The number of anilines is 6. The molecule has 0 unspecified atom stereocenters. The predicted octanol–water partition coefficient (Wildman–Crippen LogP) is 15.6. The summed E-state index contributed by atoms with van der Waals surface area (Å²) in [7, 11) is 0. The van der Waals surface area contributed by atoms with E-state index in [1.807, 2.05) is 0 Å². The molecule has 1 aromatic heterocycles. The van der Waals surface area contributed by atoms with Crippen molar-refractivity contribution in [2.75, 3.05) is 9.80 Å². The summed E-state index contributed by atoms with van der Waals surface area (Å²) < 4.78 is 6.84. The number of fused-ring (bicyclic) bond motifs is 9. The maximum absolute atomic E-state index is 6.84. The van der Waals surface area contributed by atoms with E-state index in [1.54, 1.807) is 0 Å². The lowest BCUT2D eigenvalue weighted by Crippen LogP contribution is -2.62. The molecular weight excluding hydrogens is 812 g/mol. The number of para-hydroxylation sites is 1. The zero-order valence-corrected chi connectivity index (χ0v) is 41.8. The molecule has 0 N–H and O–H groups in total. The Labute approximate surface area is 399 Å². The molecule has 67 heavy (non-hydrogen) atoms. The largest absolute Gasteiger partial charge is 0.456 e. The normalized spacial score (nSPS) is 18.3. The Balaban J connectivity index is 1.22. The highest BCUT2D eigenvalue weighted by atomic mass is 16.3. The van der Waals surface area contributed by atoms with E-state index in [2.05, 4.69) is 220 Å². The molecule has 0 radical (unpaired) electrons. The topological polar surface area (TPSA) is 19.6 Å². The molecule has 0 fully saturated rings. The highest BCUT2D eigenvalue weighted by Crippen LogP contribution is 2.54. The third-order valence-electron chi connectivity index (χ3n) is 17.0. The Kier molecular flexibility index (Phi) is 8.87. The fourth-order valence-corrected chi connectivity index (χ4v) is 12.7. The fourth-order valence-electron chi connectivity index (χ4n) is 12.7. The molecule has 0 spiro atoms. The number of hydrogen-bond donors (Lipinski definition) is 0. The summed E-state index contributed by atoms with van der Waals surface area (Å²) >= 11 is 0. The first-order valence-corrected chi connectivity index (χ1v) is 25.0. The number of nitrogens with zero attached hydrogens (tertiary/aromatic N) is 2. The second-order valence-electron chi connectivity index (χ2n) is 24.4. The molecule has 336 valence electrons.